The van der Waals surface area contributed by atoms with Gasteiger partial charge in [0.2, 0.25) is 0 Å². The van der Waals surface area contributed by atoms with E-state index in [1.165, 1.54) is 6.07 Å². The molecule has 4 rings (SSSR count). The summed E-state index contributed by atoms with van der Waals surface area (Å²) in [5.74, 6) is 1.77. The van der Waals surface area contributed by atoms with E-state index in [0.29, 0.717) is 36.0 Å². The van der Waals surface area contributed by atoms with Crippen LogP contribution in [0.4, 0.5) is 13.2 Å². The summed E-state index contributed by atoms with van der Waals surface area (Å²) in [7, 11) is 1.59. The van der Waals surface area contributed by atoms with E-state index in [1.54, 1.807) is 30.2 Å². The molecule has 1 atom stereocenters. The molecule has 10 heteroatoms. The molecular weight excluding hydrogens is 471 g/mol. The van der Waals surface area contributed by atoms with Crippen molar-refractivity contribution < 1.29 is 22.3 Å². The number of rotatable bonds is 8. The number of methoxy groups -OCH3 is 1. The summed E-state index contributed by atoms with van der Waals surface area (Å²) >= 11 is 0. The maximum atomic E-state index is 13.7. The average molecular weight is 500 g/mol. The summed E-state index contributed by atoms with van der Waals surface area (Å²) in [5, 5.41) is 12.4. The molecule has 0 unspecified atom stereocenters. The lowest BCUT2D eigenvalue weighted by molar-refractivity contribution is -0.137. The highest BCUT2D eigenvalue weighted by atomic mass is 19.4. The van der Waals surface area contributed by atoms with Crippen LogP contribution in [-0.4, -0.2) is 32.2 Å². The molecule has 0 radical (unpaired) electrons. The van der Waals surface area contributed by atoms with Crippen LogP contribution in [-0.2, 0) is 24.8 Å². The molecule has 0 amide bonds. The second kappa shape index (κ2) is 10.1. The maximum absolute atomic E-state index is 13.7. The number of ether oxygens (including phenoxy) is 1. The number of benzene rings is 2. The molecule has 4 aromatic rings. The number of tetrazole rings is 1. The zero-order chi connectivity index (χ0) is 25.9. The first-order chi connectivity index (χ1) is 17.1. The Hall–Kier alpha value is -3.66. The molecule has 0 bridgehead atoms. The Labute approximate surface area is 207 Å². The minimum atomic E-state index is -4.49. The zero-order valence-corrected chi connectivity index (χ0v) is 20.5. The lowest BCUT2D eigenvalue weighted by atomic mass is 9.99. The van der Waals surface area contributed by atoms with E-state index in [-0.39, 0.29) is 0 Å². The molecule has 2 aromatic heterocycles. The van der Waals surface area contributed by atoms with Crippen molar-refractivity contribution in [1.82, 2.24) is 25.1 Å². The second-order valence-corrected chi connectivity index (χ2v) is 9.48. The molecule has 0 aliphatic rings. The Morgan fingerprint density at radius 1 is 1.00 bits per heavy atom. The Bertz CT molecular complexity index is 1280. The first-order valence-corrected chi connectivity index (χ1v) is 11.4. The maximum Gasteiger partial charge on any atom is 0.416 e. The summed E-state index contributed by atoms with van der Waals surface area (Å²) in [6.07, 6.45) is -2.92. The number of nitrogens with zero attached hydrogens (tertiary/aromatic N) is 5. The van der Waals surface area contributed by atoms with Gasteiger partial charge in [-0.1, -0.05) is 24.3 Å². The fourth-order valence-electron chi connectivity index (χ4n) is 4.10. The molecule has 0 saturated carbocycles. The van der Waals surface area contributed by atoms with E-state index in [1.807, 2.05) is 56.0 Å². The average Bonchev–Trinajstić information content (AvgIpc) is 3.51. The summed E-state index contributed by atoms with van der Waals surface area (Å²) in [5.41, 5.74) is 0.0803. The van der Waals surface area contributed by atoms with Gasteiger partial charge < -0.3 is 9.15 Å². The predicted octanol–water partition coefficient (Wildman–Crippen LogP) is 5.84. The molecule has 0 saturated heterocycles. The lowest BCUT2D eigenvalue weighted by Crippen LogP contribution is -2.35. The molecular formula is C26H28F3N5O2. The van der Waals surface area contributed by atoms with Crippen LogP contribution in [0.3, 0.4) is 0 Å². The Morgan fingerprint density at radius 3 is 2.44 bits per heavy atom. The van der Waals surface area contributed by atoms with E-state index < -0.39 is 23.3 Å². The van der Waals surface area contributed by atoms with Gasteiger partial charge in [0.05, 0.1) is 37.1 Å². The van der Waals surface area contributed by atoms with Crippen molar-refractivity contribution in [2.45, 2.75) is 51.6 Å². The second-order valence-electron chi connectivity index (χ2n) is 9.48. The van der Waals surface area contributed by atoms with Crippen molar-refractivity contribution in [1.29, 1.82) is 0 Å². The number of furan rings is 1. The highest BCUT2D eigenvalue weighted by molar-refractivity contribution is 5.33. The molecule has 7 nitrogen and oxygen atoms in total. The van der Waals surface area contributed by atoms with Crippen molar-refractivity contribution in [3.8, 4) is 5.75 Å². The molecule has 0 spiro atoms. The molecule has 0 aliphatic carbocycles. The van der Waals surface area contributed by atoms with Crippen molar-refractivity contribution in [3.05, 3.63) is 95.2 Å². The molecule has 2 heterocycles. The van der Waals surface area contributed by atoms with Crippen molar-refractivity contribution in [3.63, 3.8) is 0 Å². The third kappa shape index (κ3) is 5.76. The van der Waals surface area contributed by atoms with E-state index >= 15 is 0 Å². The third-order valence-corrected chi connectivity index (χ3v) is 5.73. The van der Waals surface area contributed by atoms with Gasteiger partial charge in [-0.05, 0) is 78.7 Å². The van der Waals surface area contributed by atoms with E-state index in [9.17, 15) is 13.2 Å². The van der Waals surface area contributed by atoms with Crippen molar-refractivity contribution >= 4 is 0 Å². The van der Waals surface area contributed by atoms with Gasteiger partial charge in [-0.3, -0.25) is 4.90 Å². The molecule has 0 fully saturated rings. The SMILES string of the molecule is COc1cccc(CN(Cc2ccco2)[C@@H](c2cccc(C(F)(F)F)c2)c2nnnn2C(C)(C)C)c1. The predicted molar refractivity (Wildman–Crippen MR) is 127 cm³/mol. The van der Waals surface area contributed by atoms with Crippen molar-refractivity contribution in [2.24, 2.45) is 0 Å². The fraction of sp³-hybridized carbons (Fsp3) is 0.346. The fourth-order valence-corrected chi connectivity index (χ4v) is 4.10. The number of aromatic nitrogens is 4. The topological polar surface area (TPSA) is 69.2 Å². The molecule has 2 aromatic carbocycles. The van der Waals surface area contributed by atoms with Gasteiger partial charge in [-0.2, -0.15) is 13.2 Å². The summed E-state index contributed by atoms with van der Waals surface area (Å²) in [4.78, 5) is 2.00. The zero-order valence-electron chi connectivity index (χ0n) is 20.5. The van der Waals surface area contributed by atoms with Gasteiger partial charge in [-0.25, -0.2) is 4.68 Å². The Balaban J connectivity index is 1.88. The quantitative estimate of drug-likeness (QED) is 0.303. The number of hydrogen-bond acceptors (Lipinski definition) is 6. The Kier molecular flexibility index (Phi) is 7.16. The summed E-state index contributed by atoms with van der Waals surface area (Å²) in [6, 6.07) is 15.7. The minimum absolute atomic E-state index is 0.308. The largest absolute Gasteiger partial charge is 0.497 e. The van der Waals surface area contributed by atoms with Gasteiger partial charge in [0, 0.05) is 6.54 Å². The standard InChI is InChI=1S/C26H28F3N5O2/c1-25(2,3)34-24(30-31-32-34)23(19-9-6-10-20(15-19)26(27,28)29)33(17-22-12-7-13-36-22)16-18-8-5-11-21(14-18)35-4/h5-15,23H,16-17H2,1-4H3/t23-/m0/s1. The molecule has 0 N–H and O–H groups in total. The minimum Gasteiger partial charge on any atom is -0.497 e. The number of alkyl halides is 3. The van der Waals surface area contributed by atoms with Crippen LogP contribution in [0.2, 0.25) is 0 Å². The van der Waals surface area contributed by atoms with Gasteiger partial charge in [-0.15, -0.1) is 5.10 Å². The van der Waals surface area contributed by atoms with E-state index in [0.717, 1.165) is 17.7 Å². The molecule has 36 heavy (non-hydrogen) atoms. The van der Waals surface area contributed by atoms with E-state index in [2.05, 4.69) is 15.5 Å². The van der Waals surface area contributed by atoms with Crippen LogP contribution in [0.5, 0.6) is 5.75 Å². The number of halogens is 3. The lowest BCUT2D eigenvalue weighted by Gasteiger charge is -2.33. The van der Waals surface area contributed by atoms with E-state index in [4.69, 9.17) is 9.15 Å². The van der Waals surface area contributed by atoms with Crippen LogP contribution < -0.4 is 4.74 Å². The van der Waals surface area contributed by atoms with Crippen molar-refractivity contribution in [2.75, 3.05) is 7.11 Å². The molecule has 0 aliphatic heterocycles. The van der Waals surface area contributed by atoms with Crippen LogP contribution in [0, 0.1) is 0 Å². The van der Waals surface area contributed by atoms with Gasteiger partial charge in [0.15, 0.2) is 5.82 Å². The third-order valence-electron chi connectivity index (χ3n) is 5.73. The highest BCUT2D eigenvalue weighted by Gasteiger charge is 2.35. The smallest absolute Gasteiger partial charge is 0.416 e. The van der Waals surface area contributed by atoms with Crippen LogP contribution >= 0.6 is 0 Å². The normalized spacial score (nSPS) is 13.2. The van der Waals surface area contributed by atoms with Gasteiger partial charge in [0.25, 0.3) is 0 Å². The monoisotopic (exact) mass is 499 g/mol. The van der Waals surface area contributed by atoms with Crippen LogP contribution in [0.1, 0.15) is 55.1 Å². The summed E-state index contributed by atoms with van der Waals surface area (Å²) in [6.45, 7) is 6.50. The van der Waals surface area contributed by atoms with Gasteiger partial charge >= 0.3 is 6.18 Å². The van der Waals surface area contributed by atoms with Gasteiger partial charge in [0.1, 0.15) is 11.5 Å². The first kappa shape index (κ1) is 25.4. The first-order valence-electron chi connectivity index (χ1n) is 11.4. The van der Waals surface area contributed by atoms with Crippen LogP contribution in [0.25, 0.3) is 0 Å². The van der Waals surface area contributed by atoms with Crippen LogP contribution in [0.15, 0.2) is 71.3 Å². The summed E-state index contributed by atoms with van der Waals surface area (Å²) < 4.78 is 53.7. The Morgan fingerprint density at radius 2 is 1.78 bits per heavy atom. The molecule has 190 valence electrons. The highest BCUT2D eigenvalue weighted by Crippen LogP contribution is 2.36. The number of hydrogen-bond donors (Lipinski definition) is 0.